The smallest absolute Gasteiger partial charge is 0.184 e. The first-order chi connectivity index (χ1) is 9.14. The number of rotatable bonds is 7. The summed E-state index contributed by atoms with van der Waals surface area (Å²) in [5.41, 5.74) is 0. The van der Waals surface area contributed by atoms with E-state index in [9.17, 15) is 5.11 Å². The molecule has 7 nitrogen and oxygen atoms in total. The maximum Gasteiger partial charge on any atom is 0.184 e. The predicted octanol–water partition coefficient (Wildman–Crippen LogP) is -0.590. The number of ether oxygens (including phenoxy) is 6. The van der Waals surface area contributed by atoms with Gasteiger partial charge in [-0.3, -0.25) is 0 Å². The molecular weight excluding hydrogens is 256 g/mol. The van der Waals surface area contributed by atoms with Crippen molar-refractivity contribution in [3.63, 3.8) is 0 Å². The van der Waals surface area contributed by atoms with E-state index in [4.69, 9.17) is 28.4 Å². The van der Waals surface area contributed by atoms with E-state index in [2.05, 4.69) is 0 Å². The second-order valence-corrected chi connectivity index (χ2v) is 4.32. The Morgan fingerprint density at radius 1 is 0.947 bits per heavy atom. The highest BCUT2D eigenvalue weighted by atomic mass is 16.7. The number of aliphatic hydroxyl groups excluding tert-OH is 1. The van der Waals surface area contributed by atoms with Crippen LogP contribution in [0.1, 0.15) is 0 Å². The fourth-order valence-electron chi connectivity index (χ4n) is 2.40. The molecule has 0 spiro atoms. The first-order valence-corrected chi connectivity index (χ1v) is 6.08. The molecule has 1 heterocycles. The van der Waals surface area contributed by atoms with E-state index in [1.54, 1.807) is 21.3 Å². The molecule has 0 radical (unpaired) electrons. The van der Waals surface area contributed by atoms with Gasteiger partial charge in [-0.1, -0.05) is 0 Å². The Hall–Kier alpha value is -0.280. The maximum atomic E-state index is 9.99. The van der Waals surface area contributed by atoms with Crippen LogP contribution < -0.4 is 0 Å². The van der Waals surface area contributed by atoms with Crippen LogP contribution in [0, 0.1) is 0 Å². The molecule has 1 saturated heterocycles. The molecule has 6 atom stereocenters. The van der Waals surface area contributed by atoms with Gasteiger partial charge in [0.2, 0.25) is 0 Å². The molecule has 0 aromatic carbocycles. The van der Waals surface area contributed by atoms with Crippen molar-refractivity contribution in [2.24, 2.45) is 0 Å². The zero-order valence-corrected chi connectivity index (χ0v) is 12.1. The van der Waals surface area contributed by atoms with Crippen LogP contribution in [0.3, 0.4) is 0 Å². The minimum absolute atomic E-state index is 0.321. The monoisotopic (exact) mass is 280 g/mol. The largest absolute Gasteiger partial charge is 0.382 e. The third-order valence-electron chi connectivity index (χ3n) is 3.37. The van der Waals surface area contributed by atoms with Gasteiger partial charge in [0.25, 0.3) is 0 Å². The summed E-state index contributed by atoms with van der Waals surface area (Å²) in [5, 5.41) is 9.99. The van der Waals surface area contributed by atoms with Crippen LogP contribution in [-0.4, -0.2) is 84.1 Å². The summed E-state index contributed by atoms with van der Waals surface area (Å²) in [4.78, 5) is 0. The van der Waals surface area contributed by atoms with Crippen molar-refractivity contribution in [1.82, 2.24) is 0 Å². The van der Waals surface area contributed by atoms with Crippen molar-refractivity contribution in [2.45, 2.75) is 36.8 Å². The van der Waals surface area contributed by atoms with E-state index in [0.717, 1.165) is 0 Å². The summed E-state index contributed by atoms with van der Waals surface area (Å²) in [7, 11) is 7.70. The lowest BCUT2D eigenvalue weighted by Gasteiger charge is -2.45. The third kappa shape index (κ3) is 3.63. The minimum atomic E-state index is -1.11. The summed E-state index contributed by atoms with van der Waals surface area (Å²) >= 11 is 0. The van der Waals surface area contributed by atoms with Crippen molar-refractivity contribution in [2.75, 3.05) is 42.2 Å². The first-order valence-electron chi connectivity index (χ1n) is 6.08. The highest BCUT2D eigenvalue weighted by Gasteiger charge is 2.49. The van der Waals surface area contributed by atoms with Crippen LogP contribution in [0.5, 0.6) is 0 Å². The van der Waals surface area contributed by atoms with Gasteiger partial charge in [0.05, 0.1) is 6.61 Å². The second-order valence-electron chi connectivity index (χ2n) is 4.32. The fourth-order valence-corrected chi connectivity index (χ4v) is 2.40. The van der Waals surface area contributed by atoms with Gasteiger partial charge >= 0.3 is 0 Å². The van der Waals surface area contributed by atoms with Gasteiger partial charge in [0, 0.05) is 35.5 Å². The Kier molecular flexibility index (Phi) is 7.16. The van der Waals surface area contributed by atoms with Crippen molar-refractivity contribution in [3.8, 4) is 0 Å². The number of hydrogen-bond donors (Lipinski definition) is 1. The molecule has 0 saturated carbocycles. The van der Waals surface area contributed by atoms with Gasteiger partial charge in [0.15, 0.2) is 6.29 Å². The van der Waals surface area contributed by atoms with Crippen LogP contribution in [-0.2, 0) is 28.4 Å². The van der Waals surface area contributed by atoms with E-state index < -0.39 is 30.7 Å². The molecule has 0 amide bonds. The summed E-state index contributed by atoms with van der Waals surface area (Å²) < 4.78 is 32.0. The molecule has 1 unspecified atom stereocenters. The van der Waals surface area contributed by atoms with Gasteiger partial charge in [-0.25, -0.2) is 0 Å². The summed E-state index contributed by atoms with van der Waals surface area (Å²) in [6, 6.07) is 0. The van der Waals surface area contributed by atoms with Crippen LogP contribution in [0.2, 0.25) is 0 Å². The van der Waals surface area contributed by atoms with Gasteiger partial charge < -0.3 is 33.5 Å². The molecule has 0 aromatic heterocycles. The Balaban J connectivity index is 2.91. The molecule has 1 rings (SSSR count). The Morgan fingerprint density at radius 2 is 1.53 bits per heavy atom. The van der Waals surface area contributed by atoms with Crippen LogP contribution in [0.4, 0.5) is 0 Å². The molecular formula is C12H24O7. The molecule has 1 aliphatic rings. The average Bonchev–Trinajstić information content (AvgIpc) is 2.43. The molecule has 0 aliphatic carbocycles. The van der Waals surface area contributed by atoms with Gasteiger partial charge in [0.1, 0.15) is 30.5 Å². The van der Waals surface area contributed by atoms with Crippen LogP contribution in [0.15, 0.2) is 0 Å². The molecule has 19 heavy (non-hydrogen) atoms. The molecule has 0 bridgehead atoms. The Bertz CT molecular complexity index is 250. The van der Waals surface area contributed by atoms with Crippen molar-refractivity contribution in [1.29, 1.82) is 0 Å². The highest BCUT2D eigenvalue weighted by molar-refractivity contribution is 4.95. The van der Waals surface area contributed by atoms with Crippen LogP contribution >= 0.6 is 0 Å². The van der Waals surface area contributed by atoms with Crippen molar-refractivity contribution < 1.29 is 33.5 Å². The molecule has 1 fully saturated rings. The molecule has 114 valence electrons. The van der Waals surface area contributed by atoms with E-state index in [0.29, 0.717) is 6.61 Å². The zero-order valence-electron chi connectivity index (χ0n) is 12.1. The van der Waals surface area contributed by atoms with E-state index in [1.165, 1.54) is 14.2 Å². The molecule has 0 aromatic rings. The van der Waals surface area contributed by atoms with Crippen LogP contribution in [0.25, 0.3) is 0 Å². The quantitative estimate of drug-likeness (QED) is 0.668. The van der Waals surface area contributed by atoms with Gasteiger partial charge in [-0.2, -0.15) is 0 Å². The molecule has 1 N–H and O–H groups in total. The number of aliphatic hydroxyl groups is 1. The van der Waals surface area contributed by atoms with E-state index >= 15 is 0 Å². The Morgan fingerprint density at radius 3 is 1.95 bits per heavy atom. The van der Waals surface area contributed by atoms with Crippen molar-refractivity contribution >= 4 is 0 Å². The lowest BCUT2D eigenvalue weighted by atomic mass is 9.95. The highest BCUT2D eigenvalue weighted by Crippen LogP contribution is 2.28. The predicted molar refractivity (Wildman–Crippen MR) is 65.9 cm³/mol. The summed E-state index contributed by atoms with van der Waals surface area (Å²) in [6.45, 7) is 0.321. The normalized spacial score (nSPS) is 37.3. The van der Waals surface area contributed by atoms with Crippen molar-refractivity contribution in [3.05, 3.63) is 0 Å². The fraction of sp³-hybridized carbons (Fsp3) is 1.00. The number of hydrogen-bond acceptors (Lipinski definition) is 7. The van der Waals surface area contributed by atoms with Gasteiger partial charge in [-0.15, -0.1) is 0 Å². The molecule has 1 aliphatic heterocycles. The second kappa shape index (κ2) is 8.11. The SMILES string of the molecule is COC[C@@H](OC)[C@H]1OC(O)[C@H](OC)[C@@H](OC)[C@@H]1OC. The van der Waals surface area contributed by atoms with Gasteiger partial charge in [-0.05, 0) is 0 Å². The third-order valence-corrected chi connectivity index (χ3v) is 3.37. The number of methoxy groups -OCH3 is 5. The summed E-state index contributed by atoms with van der Waals surface area (Å²) in [6.07, 6.45) is -3.51. The zero-order chi connectivity index (χ0) is 14.4. The minimum Gasteiger partial charge on any atom is -0.382 e. The van der Waals surface area contributed by atoms with E-state index in [1.807, 2.05) is 0 Å². The van der Waals surface area contributed by atoms with E-state index in [-0.39, 0.29) is 6.10 Å². The average molecular weight is 280 g/mol. The first kappa shape index (κ1) is 16.8. The Labute approximate surface area is 113 Å². The standard InChI is InChI=1S/C12H24O7/c1-14-6-7(15-2)8-9(16-3)10(17-4)11(18-5)12(13)19-8/h7-13H,6H2,1-5H3/t7-,8-,9-,10+,11-,12?/m1/s1. The topological polar surface area (TPSA) is 75.6 Å². The lowest BCUT2D eigenvalue weighted by molar-refractivity contribution is -0.312. The molecule has 7 heteroatoms. The summed E-state index contributed by atoms with van der Waals surface area (Å²) in [5.74, 6) is 0. The lowest BCUT2D eigenvalue weighted by Crippen LogP contribution is -2.63. The maximum absolute atomic E-state index is 9.99.